The molecule has 2 rings (SSSR count). The summed E-state index contributed by atoms with van der Waals surface area (Å²) in [6, 6.07) is 6.15. The minimum atomic E-state index is -0.322. The molecule has 1 fully saturated rings. The Labute approximate surface area is 96.6 Å². The van der Waals surface area contributed by atoms with Crippen LogP contribution in [0.1, 0.15) is 31.4 Å². The van der Waals surface area contributed by atoms with E-state index in [0.717, 1.165) is 5.75 Å². The van der Waals surface area contributed by atoms with Crippen LogP contribution in [0.25, 0.3) is 0 Å². The Morgan fingerprint density at radius 2 is 1.75 bits per heavy atom. The average molecular weight is 218 g/mol. The van der Waals surface area contributed by atoms with Gasteiger partial charge in [-0.3, -0.25) is 4.79 Å². The van der Waals surface area contributed by atoms with Crippen molar-refractivity contribution in [2.75, 3.05) is 0 Å². The van der Waals surface area contributed by atoms with Crippen molar-refractivity contribution < 1.29 is 9.53 Å². The molecule has 86 valence electrons. The summed E-state index contributed by atoms with van der Waals surface area (Å²) < 4.78 is 5.88. The molecule has 0 aromatic heterocycles. The summed E-state index contributed by atoms with van der Waals surface area (Å²) in [4.78, 5) is 11.4. The summed E-state index contributed by atoms with van der Waals surface area (Å²) in [6.07, 6.45) is 0.571. The fourth-order valence-electron chi connectivity index (χ4n) is 2.09. The van der Waals surface area contributed by atoms with Crippen LogP contribution >= 0.6 is 0 Å². The maximum Gasteiger partial charge on any atom is 0.145 e. The van der Waals surface area contributed by atoms with E-state index in [1.54, 1.807) is 0 Å². The number of hydrogen-bond donors (Lipinski definition) is 0. The molecule has 1 saturated carbocycles. The van der Waals surface area contributed by atoms with Crippen LogP contribution in [-0.4, -0.2) is 11.9 Å². The van der Waals surface area contributed by atoms with Crippen LogP contribution in [-0.2, 0) is 4.79 Å². The summed E-state index contributed by atoms with van der Waals surface area (Å²) in [6.45, 7) is 8.01. The zero-order chi connectivity index (χ0) is 11.9. The van der Waals surface area contributed by atoms with E-state index in [2.05, 4.69) is 19.9 Å². The number of ether oxygens (including phenoxy) is 1. The number of aryl methyl sites for hydroxylation is 2. The van der Waals surface area contributed by atoms with Gasteiger partial charge in [-0.1, -0.05) is 6.07 Å². The van der Waals surface area contributed by atoms with E-state index in [4.69, 9.17) is 4.74 Å². The second-order valence-corrected chi connectivity index (χ2v) is 5.28. The second kappa shape index (κ2) is 3.62. The van der Waals surface area contributed by atoms with Crippen LogP contribution < -0.4 is 4.74 Å². The van der Waals surface area contributed by atoms with Crippen molar-refractivity contribution in [1.82, 2.24) is 0 Å². The average Bonchev–Trinajstić information content (AvgIpc) is 2.15. The van der Waals surface area contributed by atoms with Gasteiger partial charge in [-0.15, -0.1) is 0 Å². The third kappa shape index (κ3) is 1.84. The molecule has 0 amide bonds. The largest absolute Gasteiger partial charge is 0.489 e. The number of Topliss-reactive ketones (excluding diaryl/α,β-unsaturated/α-hetero) is 1. The van der Waals surface area contributed by atoms with Crippen LogP contribution in [0.5, 0.6) is 5.75 Å². The zero-order valence-electron chi connectivity index (χ0n) is 10.3. The van der Waals surface area contributed by atoms with Gasteiger partial charge < -0.3 is 4.74 Å². The lowest BCUT2D eigenvalue weighted by Crippen LogP contribution is -2.52. The van der Waals surface area contributed by atoms with Crippen molar-refractivity contribution in [2.45, 2.75) is 40.2 Å². The molecule has 2 nitrogen and oxygen atoms in total. The predicted molar refractivity (Wildman–Crippen MR) is 63.7 cm³/mol. The van der Waals surface area contributed by atoms with E-state index in [1.165, 1.54) is 11.1 Å². The van der Waals surface area contributed by atoms with Crippen LogP contribution in [0.15, 0.2) is 18.2 Å². The van der Waals surface area contributed by atoms with Crippen molar-refractivity contribution >= 4 is 5.78 Å². The van der Waals surface area contributed by atoms with Gasteiger partial charge >= 0.3 is 0 Å². The molecule has 1 atom stereocenters. The molecule has 2 heteroatoms. The van der Waals surface area contributed by atoms with E-state index in [0.29, 0.717) is 12.2 Å². The van der Waals surface area contributed by atoms with Crippen molar-refractivity contribution in [2.24, 2.45) is 5.41 Å². The van der Waals surface area contributed by atoms with Crippen LogP contribution in [0, 0.1) is 19.3 Å². The first-order valence-electron chi connectivity index (χ1n) is 5.68. The van der Waals surface area contributed by atoms with Gasteiger partial charge in [0, 0.05) is 6.42 Å². The molecule has 0 heterocycles. The molecule has 1 aromatic carbocycles. The molecule has 0 radical (unpaired) electrons. The monoisotopic (exact) mass is 218 g/mol. The number of carbonyl (C=O) groups is 1. The summed E-state index contributed by atoms with van der Waals surface area (Å²) in [5.41, 5.74) is 2.06. The lowest BCUT2D eigenvalue weighted by Gasteiger charge is -2.42. The van der Waals surface area contributed by atoms with E-state index in [9.17, 15) is 4.79 Å². The van der Waals surface area contributed by atoms with E-state index in [1.807, 2.05) is 26.0 Å². The van der Waals surface area contributed by atoms with Gasteiger partial charge in [0.1, 0.15) is 17.6 Å². The molecular weight excluding hydrogens is 200 g/mol. The molecule has 16 heavy (non-hydrogen) atoms. The molecule has 0 bridgehead atoms. The Morgan fingerprint density at radius 3 is 2.19 bits per heavy atom. The first kappa shape index (κ1) is 11.2. The standard InChI is InChI=1S/C14H18O2/c1-9-5-10(2)7-11(6-9)16-13-8-12(15)14(13,3)4/h5-7,13H,8H2,1-4H3. The smallest absolute Gasteiger partial charge is 0.145 e. The van der Waals surface area contributed by atoms with Crippen molar-refractivity contribution in [3.63, 3.8) is 0 Å². The lowest BCUT2D eigenvalue weighted by molar-refractivity contribution is -0.148. The SMILES string of the molecule is Cc1cc(C)cc(OC2CC(=O)C2(C)C)c1. The molecule has 1 aliphatic rings. The Hall–Kier alpha value is -1.31. The van der Waals surface area contributed by atoms with Crippen molar-refractivity contribution in [3.05, 3.63) is 29.3 Å². The summed E-state index contributed by atoms with van der Waals surface area (Å²) in [5, 5.41) is 0. The van der Waals surface area contributed by atoms with Gasteiger partial charge in [-0.05, 0) is 51.0 Å². The highest BCUT2D eigenvalue weighted by Crippen LogP contribution is 2.39. The number of benzene rings is 1. The highest BCUT2D eigenvalue weighted by Gasteiger charge is 2.49. The summed E-state index contributed by atoms with van der Waals surface area (Å²) >= 11 is 0. The summed E-state index contributed by atoms with van der Waals surface area (Å²) in [5.74, 6) is 1.17. The van der Waals surface area contributed by atoms with Gasteiger partial charge in [-0.25, -0.2) is 0 Å². The summed E-state index contributed by atoms with van der Waals surface area (Å²) in [7, 11) is 0. The Bertz CT molecular complexity index is 412. The van der Waals surface area contributed by atoms with Gasteiger partial charge in [0.05, 0.1) is 5.41 Å². The van der Waals surface area contributed by atoms with Crippen molar-refractivity contribution in [3.8, 4) is 5.75 Å². The molecule has 1 aromatic rings. The topological polar surface area (TPSA) is 26.3 Å². The third-order valence-corrected chi connectivity index (χ3v) is 3.37. The van der Waals surface area contributed by atoms with Crippen molar-refractivity contribution in [1.29, 1.82) is 0 Å². The van der Waals surface area contributed by atoms with Crippen LogP contribution in [0.3, 0.4) is 0 Å². The quantitative estimate of drug-likeness (QED) is 0.762. The van der Waals surface area contributed by atoms with Gasteiger partial charge in [0.25, 0.3) is 0 Å². The molecule has 0 saturated heterocycles. The minimum Gasteiger partial charge on any atom is -0.489 e. The maximum atomic E-state index is 11.4. The molecule has 0 aliphatic heterocycles. The first-order chi connectivity index (χ1) is 7.39. The third-order valence-electron chi connectivity index (χ3n) is 3.37. The zero-order valence-corrected chi connectivity index (χ0v) is 10.3. The number of carbonyl (C=O) groups excluding carboxylic acids is 1. The molecule has 0 N–H and O–H groups in total. The van der Waals surface area contributed by atoms with Gasteiger partial charge in [0.2, 0.25) is 0 Å². The molecule has 0 spiro atoms. The number of ketones is 1. The Morgan fingerprint density at radius 1 is 1.19 bits per heavy atom. The van der Waals surface area contributed by atoms with Crippen LogP contribution in [0.4, 0.5) is 0 Å². The normalized spacial score (nSPS) is 22.8. The van der Waals surface area contributed by atoms with E-state index < -0.39 is 0 Å². The number of rotatable bonds is 2. The predicted octanol–water partition coefficient (Wildman–Crippen LogP) is 3.05. The highest BCUT2D eigenvalue weighted by molar-refractivity contribution is 5.91. The van der Waals surface area contributed by atoms with Crippen LogP contribution in [0.2, 0.25) is 0 Å². The second-order valence-electron chi connectivity index (χ2n) is 5.28. The lowest BCUT2D eigenvalue weighted by atomic mass is 9.68. The van der Waals surface area contributed by atoms with E-state index >= 15 is 0 Å². The molecule has 1 unspecified atom stereocenters. The molecule has 1 aliphatic carbocycles. The maximum absolute atomic E-state index is 11.4. The minimum absolute atomic E-state index is 0.0289. The Kier molecular flexibility index (Phi) is 2.53. The van der Waals surface area contributed by atoms with Gasteiger partial charge in [-0.2, -0.15) is 0 Å². The van der Waals surface area contributed by atoms with Gasteiger partial charge in [0.15, 0.2) is 0 Å². The number of hydrogen-bond acceptors (Lipinski definition) is 2. The fraction of sp³-hybridized carbons (Fsp3) is 0.500. The van der Waals surface area contributed by atoms with E-state index in [-0.39, 0.29) is 11.5 Å². The Balaban J connectivity index is 2.14. The fourth-order valence-corrected chi connectivity index (χ4v) is 2.09. The molecular formula is C14H18O2. The highest BCUT2D eigenvalue weighted by atomic mass is 16.5. The first-order valence-corrected chi connectivity index (χ1v) is 5.68.